The summed E-state index contributed by atoms with van der Waals surface area (Å²) >= 11 is 7.69. The van der Waals surface area contributed by atoms with Crippen LogP contribution < -0.4 is 0 Å². The minimum atomic E-state index is 0.604. The number of rotatable bonds is 2. The Bertz CT molecular complexity index is 476. The average molecular weight is 225 g/mol. The van der Waals surface area contributed by atoms with Crippen molar-refractivity contribution in [3.05, 3.63) is 22.4 Å². The normalized spacial score (nSPS) is 16.4. The van der Waals surface area contributed by atoms with Crippen molar-refractivity contribution in [1.82, 2.24) is 9.97 Å². The van der Waals surface area contributed by atoms with E-state index in [4.69, 9.17) is 11.6 Å². The maximum Gasteiger partial charge on any atom is 0.141 e. The van der Waals surface area contributed by atoms with Crippen LogP contribution in [0, 0.1) is 5.92 Å². The van der Waals surface area contributed by atoms with Crippen molar-refractivity contribution in [3.63, 3.8) is 0 Å². The summed E-state index contributed by atoms with van der Waals surface area (Å²) < 4.78 is 0. The number of hydrogen-bond donors (Lipinski definition) is 0. The lowest BCUT2D eigenvalue weighted by molar-refractivity contribution is 0.777. The van der Waals surface area contributed by atoms with Gasteiger partial charge in [-0.2, -0.15) is 0 Å². The molecule has 0 amide bonds. The summed E-state index contributed by atoms with van der Waals surface area (Å²) in [6, 6.07) is 1.98. The van der Waals surface area contributed by atoms with Crippen LogP contribution in [0.2, 0.25) is 5.15 Å². The Morgan fingerprint density at radius 2 is 2.29 bits per heavy atom. The van der Waals surface area contributed by atoms with Crippen LogP contribution in [0.1, 0.15) is 18.7 Å². The topological polar surface area (TPSA) is 25.8 Å². The molecule has 2 aromatic heterocycles. The van der Waals surface area contributed by atoms with Gasteiger partial charge in [-0.3, -0.25) is 0 Å². The molecule has 0 aromatic carbocycles. The highest BCUT2D eigenvalue weighted by atomic mass is 35.5. The largest absolute Gasteiger partial charge is 0.222 e. The van der Waals surface area contributed by atoms with E-state index >= 15 is 0 Å². The summed E-state index contributed by atoms with van der Waals surface area (Å²) in [5, 5.41) is 3.59. The van der Waals surface area contributed by atoms with Crippen LogP contribution in [0.5, 0.6) is 0 Å². The van der Waals surface area contributed by atoms with Crippen LogP contribution >= 0.6 is 22.9 Å². The van der Waals surface area contributed by atoms with Crippen molar-refractivity contribution in [2.24, 2.45) is 5.92 Å². The Kier molecular flexibility index (Phi) is 1.96. The van der Waals surface area contributed by atoms with Crippen molar-refractivity contribution in [2.45, 2.75) is 19.3 Å². The summed E-state index contributed by atoms with van der Waals surface area (Å²) in [6.07, 6.45) is 3.64. The minimum Gasteiger partial charge on any atom is -0.222 e. The molecule has 0 radical (unpaired) electrons. The molecule has 0 aliphatic heterocycles. The highest BCUT2D eigenvalue weighted by Crippen LogP contribution is 2.33. The smallest absolute Gasteiger partial charge is 0.141 e. The van der Waals surface area contributed by atoms with Crippen molar-refractivity contribution >= 4 is 33.2 Å². The Morgan fingerprint density at radius 3 is 3.07 bits per heavy atom. The van der Waals surface area contributed by atoms with Gasteiger partial charge in [-0.25, -0.2) is 9.97 Å². The molecule has 2 heterocycles. The highest BCUT2D eigenvalue weighted by molar-refractivity contribution is 7.16. The molecule has 1 aliphatic rings. The quantitative estimate of drug-likeness (QED) is 0.732. The van der Waals surface area contributed by atoms with Gasteiger partial charge in [-0.1, -0.05) is 11.6 Å². The lowest BCUT2D eigenvalue weighted by Crippen LogP contribution is -1.96. The Labute approximate surface area is 90.9 Å². The van der Waals surface area contributed by atoms with Crippen LogP contribution in [-0.2, 0) is 6.42 Å². The van der Waals surface area contributed by atoms with E-state index in [1.54, 1.807) is 11.3 Å². The molecule has 2 aromatic rings. The van der Waals surface area contributed by atoms with Crippen LogP contribution in [-0.4, -0.2) is 9.97 Å². The molecule has 0 atom stereocenters. The van der Waals surface area contributed by atoms with Crippen molar-refractivity contribution in [1.29, 1.82) is 0 Å². The summed E-state index contributed by atoms with van der Waals surface area (Å²) in [5.41, 5.74) is 0. The monoisotopic (exact) mass is 224 g/mol. The zero-order valence-corrected chi connectivity index (χ0v) is 9.11. The molecule has 72 valence electrons. The van der Waals surface area contributed by atoms with Crippen LogP contribution in [0.4, 0.5) is 0 Å². The van der Waals surface area contributed by atoms with E-state index in [9.17, 15) is 0 Å². The first kappa shape index (κ1) is 8.62. The Balaban J connectivity index is 2.06. The zero-order chi connectivity index (χ0) is 9.54. The van der Waals surface area contributed by atoms with E-state index < -0.39 is 0 Å². The Hall–Kier alpha value is -0.670. The third kappa shape index (κ3) is 1.51. The predicted octanol–water partition coefficient (Wildman–Crippen LogP) is 3.30. The van der Waals surface area contributed by atoms with Crippen LogP contribution in [0.25, 0.3) is 10.2 Å². The van der Waals surface area contributed by atoms with E-state index in [1.165, 1.54) is 12.8 Å². The first-order valence-electron chi connectivity index (χ1n) is 4.72. The lowest BCUT2D eigenvalue weighted by Gasteiger charge is -1.99. The standard InChI is InChI=1S/C10H9ClN2S/c11-9-7-3-4-14-10(7)13-8(12-9)5-6-1-2-6/h3-4,6H,1-2,5H2. The molecule has 1 saturated carbocycles. The summed E-state index contributed by atoms with van der Waals surface area (Å²) in [6.45, 7) is 0. The molecule has 2 nitrogen and oxygen atoms in total. The van der Waals surface area contributed by atoms with Gasteiger partial charge in [0.2, 0.25) is 0 Å². The first-order chi connectivity index (χ1) is 6.83. The number of hydrogen-bond acceptors (Lipinski definition) is 3. The molecule has 4 heteroatoms. The third-order valence-corrected chi connectivity index (χ3v) is 3.59. The number of nitrogens with zero attached hydrogens (tertiary/aromatic N) is 2. The molecule has 0 saturated heterocycles. The van der Waals surface area contributed by atoms with E-state index in [2.05, 4.69) is 9.97 Å². The van der Waals surface area contributed by atoms with E-state index in [0.29, 0.717) is 5.15 Å². The maximum absolute atomic E-state index is 6.06. The zero-order valence-electron chi connectivity index (χ0n) is 7.53. The van der Waals surface area contributed by atoms with Crippen LogP contribution in [0.15, 0.2) is 11.4 Å². The second-order valence-corrected chi connectivity index (χ2v) is 4.97. The molecule has 0 N–H and O–H groups in total. The fraction of sp³-hybridized carbons (Fsp3) is 0.400. The minimum absolute atomic E-state index is 0.604. The van der Waals surface area contributed by atoms with Gasteiger partial charge in [0.1, 0.15) is 15.8 Å². The van der Waals surface area contributed by atoms with E-state index in [0.717, 1.165) is 28.4 Å². The van der Waals surface area contributed by atoms with Gasteiger partial charge in [-0.15, -0.1) is 11.3 Å². The molecule has 1 fully saturated rings. The molecule has 1 aliphatic carbocycles. The van der Waals surface area contributed by atoms with E-state index in [1.807, 2.05) is 11.4 Å². The Morgan fingerprint density at radius 1 is 1.43 bits per heavy atom. The van der Waals surface area contributed by atoms with Gasteiger partial charge in [-0.05, 0) is 30.2 Å². The number of fused-ring (bicyclic) bond motifs is 1. The first-order valence-corrected chi connectivity index (χ1v) is 5.98. The predicted molar refractivity (Wildman–Crippen MR) is 58.9 cm³/mol. The molecule has 0 unspecified atom stereocenters. The SMILES string of the molecule is Clc1nc(CC2CC2)nc2sccc12. The molecular weight excluding hydrogens is 216 g/mol. The fourth-order valence-electron chi connectivity index (χ4n) is 1.53. The number of halogens is 1. The molecule has 0 spiro atoms. The second kappa shape index (κ2) is 3.17. The molecule has 14 heavy (non-hydrogen) atoms. The fourth-order valence-corrected chi connectivity index (χ4v) is 2.62. The second-order valence-electron chi connectivity index (χ2n) is 3.72. The van der Waals surface area contributed by atoms with Crippen molar-refractivity contribution < 1.29 is 0 Å². The average Bonchev–Trinajstić information content (AvgIpc) is 2.82. The van der Waals surface area contributed by atoms with Gasteiger partial charge >= 0.3 is 0 Å². The van der Waals surface area contributed by atoms with Crippen molar-refractivity contribution in [3.8, 4) is 0 Å². The summed E-state index contributed by atoms with van der Waals surface area (Å²) in [7, 11) is 0. The molecular formula is C10H9ClN2S. The molecule has 0 bridgehead atoms. The van der Waals surface area contributed by atoms with Gasteiger partial charge in [0, 0.05) is 11.8 Å². The van der Waals surface area contributed by atoms with E-state index in [-0.39, 0.29) is 0 Å². The maximum atomic E-state index is 6.06. The van der Waals surface area contributed by atoms with Gasteiger partial charge in [0.15, 0.2) is 0 Å². The van der Waals surface area contributed by atoms with Gasteiger partial charge in [0.05, 0.1) is 0 Å². The van der Waals surface area contributed by atoms with Crippen LogP contribution in [0.3, 0.4) is 0 Å². The summed E-state index contributed by atoms with van der Waals surface area (Å²) in [5.74, 6) is 1.72. The van der Waals surface area contributed by atoms with Gasteiger partial charge in [0.25, 0.3) is 0 Å². The summed E-state index contributed by atoms with van der Waals surface area (Å²) in [4.78, 5) is 9.83. The van der Waals surface area contributed by atoms with Gasteiger partial charge < -0.3 is 0 Å². The third-order valence-electron chi connectivity index (χ3n) is 2.49. The number of thiophene rings is 1. The molecule has 3 rings (SSSR count). The lowest BCUT2D eigenvalue weighted by atomic mass is 10.3. The number of aromatic nitrogens is 2. The van der Waals surface area contributed by atoms with Crippen molar-refractivity contribution in [2.75, 3.05) is 0 Å². The highest BCUT2D eigenvalue weighted by Gasteiger charge is 2.23.